The van der Waals surface area contributed by atoms with Gasteiger partial charge in [0.15, 0.2) is 0 Å². The van der Waals surface area contributed by atoms with Gasteiger partial charge in [-0.2, -0.15) is 0 Å². The van der Waals surface area contributed by atoms with Crippen molar-refractivity contribution < 1.29 is 14.6 Å². The third kappa shape index (κ3) is 4.93. The summed E-state index contributed by atoms with van der Waals surface area (Å²) in [5.41, 5.74) is 2.10. The van der Waals surface area contributed by atoms with E-state index in [2.05, 4.69) is 35.1 Å². The number of phenolic OH excluding ortho intramolecular Hbond substituents is 1. The van der Waals surface area contributed by atoms with E-state index in [0.29, 0.717) is 25.3 Å². The summed E-state index contributed by atoms with van der Waals surface area (Å²) in [5, 5.41) is 9.56. The van der Waals surface area contributed by atoms with Gasteiger partial charge in [-0.05, 0) is 48.4 Å². The van der Waals surface area contributed by atoms with Crippen LogP contribution < -0.4 is 0 Å². The molecule has 154 valence electrons. The molecule has 1 aliphatic carbocycles. The first-order valence-corrected chi connectivity index (χ1v) is 10.5. The van der Waals surface area contributed by atoms with Crippen molar-refractivity contribution in [3.8, 4) is 18.1 Å². The highest BCUT2D eigenvalue weighted by atomic mass is 16.5. The fourth-order valence-corrected chi connectivity index (χ4v) is 4.03. The number of nitrogens with zero attached hydrogens (tertiary/aromatic N) is 1. The Labute approximate surface area is 178 Å². The molecule has 2 aromatic rings. The summed E-state index contributed by atoms with van der Waals surface area (Å²) in [6.07, 6.45) is 13.5. The number of hydrogen-bond donors (Lipinski definition) is 1. The predicted octanol–water partition coefficient (Wildman–Crippen LogP) is 3.74. The smallest absolute Gasteiger partial charge is 0.324 e. The van der Waals surface area contributed by atoms with Gasteiger partial charge in [-0.1, -0.05) is 60.5 Å². The zero-order chi connectivity index (χ0) is 20.9. The van der Waals surface area contributed by atoms with E-state index >= 15 is 0 Å². The summed E-state index contributed by atoms with van der Waals surface area (Å²) < 4.78 is 5.99. The second-order valence-corrected chi connectivity index (χ2v) is 8.14. The lowest BCUT2D eigenvalue weighted by Gasteiger charge is -2.43. The van der Waals surface area contributed by atoms with Crippen LogP contribution >= 0.6 is 0 Å². The van der Waals surface area contributed by atoms with Crippen LogP contribution in [0.5, 0.6) is 5.75 Å². The molecule has 0 bridgehead atoms. The largest absolute Gasteiger partial charge is 0.508 e. The summed E-state index contributed by atoms with van der Waals surface area (Å²) in [5.74, 6) is 3.34. The number of morpholine rings is 1. The Bertz CT molecular complexity index is 925. The number of cyclic esters (lactones) is 1. The third-order valence-corrected chi connectivity index (χ3v) is 5.83. The standard InChI is InChI=1S/C26H27NO3/c1-2-16-27-23(15-12-19-8-9-19)25(18-20-6-4-3-5-7-20)30-26(29)24(27)17-21-10-13-22(28)14-11-21/h1,3-7,10-15,19,23-25,28H,8-9,16-18H2/b15-12+/t23-,24-,25+/m0/s1. The van der Waals surface area contributed by atoms with E-state index in [-0.39, 0.29) is 23.9 Å². The summed E-state index contributed by atoms with van der Waals surface area (Å²) in [6.45, 7) is 0.378. The lowest BCUT2D eigenvalue weighted by atomic mass is 9.93. The van der Waals surface area contributed by atoms with E-state index in [4.69, 9.17) is 11.2 Å². The molecule has 2 fully saturated rings. The number of rotatable bonds is 7. The first-order valence-electron chi connectivity index (χ1n) is 10.5. The molecule has 0 radical (unpaired) electrons. The molecule has 0 spiro atoms. The Morgan fingerprint density at radius 1 is 1.03 bits per heavy atom. The topological polar surface area (TPSA) is 49.8 Å². The zero-order valence-electron chi connectivity index (χ0n) is 17.0. The van der Waals surface area contributed by atoms with Crippen molar-refractivity contribution in [2.24, 2.45) is 5.92 Å². The lowest BCUT2D eigenvalue weighted by molar-refractivity contribution is -0.170. The average Bonchev–Trinajstić information content (AvgIpc) is 3.57. The summed E-state index contributed by atoms with van der Waals surface area (Å²) >= 11 is 0. The van der Waals surface area contributed by atoms with Crippen molar-refractivity contribution in [2.75, 3.05) is 6.54 Å². The fraction of sp³-hybridized carbons (Fsp3) is 0.346. The highest BCUT2D eigenvalue weighted by molar-refractivity contribution is 5.77. The van der Waals surface area contributed by atoms with Gasteiger partial charge < -0.3 is 9.84 Å². The molecule has 1 N–H and O–H groups in total. The molecule has 0 aromatic heterocycles. The van der Waals surface area contributed by atoms with Crippen LogP contribution in [-0.4, -0.2) is 40.7 Å². The molecule has 3 atom stereocenters. The first-order chi connectivity index (χ1) is 14.6. The van der Waals surface area contributed by atoms with Crippen molar-refractivity contribution in [2.45, 2.75) is 43.9 Å². The van der Waals surface area contributed by atoms with E-state index in [9.17, 15) is 9.90 Å². The quantitative estimate of drug-likeness (QED) is 0.436. The van der Waals surface area contributed by atoms with E-state index < -0.39 is 6.04 Å². The minimum atomic E-state index is -0.452. The number of ether oxygens (including phenoxy) is 1. The van der Waals surface area contributed by atoms with E-state index in [1.54, 1.807) is 12.1 Å². The van der Waals surface area contributed by atoms with Crippen LogP contribution in [0, 0.1) is 18.3 Å². The van der Waals surface area contributed by atoms with Crippen LogP contribution in [0.4, 0.5) is 0 Å². The van der Waals surface area contributed by atoms with Crippen molar-refractivity contribution in [1.82, 2.24) is 4.90 Å². The molecule has 30 heavy (non-hydrogen) atoms. The highest BCUT2D eigenvalue weighted by Crippen LogP contribution is 2.32. The Morgan fingerprint density at radius 3 is 2.40 bits per heavy atom. The number of aromatic hydroxyl groups is 1. The Kier molecular flexibility index (Phi) is 6.21. The van der Waals surface area contributed by atoms with Gasteiger partial charge in [0.2, 0.25) is 0 Å². The summed E-state index contributed by atoms with van der Waals surface area (Å²) in [6, 6.07) is 16.5. The average molecular weight is 402 g/mol. The molecular formula is C26H27NO3. The van der Waals surface area contributed by atoms with Crippen molar-refractivity contribution in [1.29, 1.82) is 0 Å². The fourth-order valence-electron chi connectivity index (χ4n) is 4.03. The van der Waals surface area contributed by atoms with Gasteiger partial charge in [-0.15, -0.1) is 6.42 Å². The first kappa shape index (κ1) is 20.3. The van der Waals surface area contributed by atoms with Gasteiger partial charge in [0, 0.05) is 6.42 Å². The van der Waals surface area contributed by atoms with E-state index in [1.165, 1.54) is 12.8 Å². The minimum absolute atomic E-state index is 0.0679. The third-order valence-electron chi connectivity index (χ3n) is 5.83. The molecule has 4 heteroatoms. The van der Waals surface area contributed by atoms with Crippen LogP contribution in [0.15, 0.2) is 66.7 Å². The molecule has 4 nitrogen and oxygen atoms in total. The Balaban J connectivity index is 1.61. The second-order valence-electron chi connectivity index (χ2n) is 8.14. The maximum atomic E-state index is 13.0. The molecule has 2 aliphatic rings. The van der Waals surface area contributed by atoms with E-state index in [0.717, 1.165) is 11.1 Å². The highest BCUT2D eigenvalue weighted by Gasteiger charge is 2.42. The number of hydrogen-bond acceptors (Lipinski definition) is 4. The maximum absolute atomic E-state index is 13.0. The summed E-state index contributed by atoms with van der Waals surface area (Å²) in [7, 11) is 0. The molecule has 1 saturated carbocycles. The molecule has 1 heterocycles. The molecule has 2 aromatic carbocycles. The molecule has 4 rings (SSSR count). The number of allylic oxidation sites excluding steroid dienone is 1. The monoisotopic (exact) mass is 401 g/mol. The molecular weight excluding hydrogens is 374 g/mol. The Morgan fingerprint density at radius 2 is 1.73 bits per heavy atom. The molecule has 1 saturated heterocycles. The van der Waals surface area contributed by atoms with Gasteiger partial charge in [0.25, 0.3) is 0 Å². The number of phenols is 1. The second kappa shape index (κ2) is 9.19. The van der Waals surface area contributed by atoms with Gasteiger partial charge in [0.1, 0.15) is 17.9 Å². The number of esters is 1. The zero-order valence-corrected chi connectivity index (χ0v) is 17.0. The van der Waals surface area contributed by atoms with Crippen LogP contribution in [0.1, 0.15) is 24.0 Å². The van der Waals surface area contributed by atoms with E-state index in [1.807, 2.05) is 30.3 Å². The van der Waals surface area contributed by atoms with Crippen LogP contribution in [0.25, 0.3) is 0 Å². The lowest BCUT2D eigenvalue weighted by Crippen LogP contribution is -2.59. The maximum Gasteiger partial charge on any atom is 0.324 e. The number of carbonyl (C=O) groups is 1. The van der Waals surface area contributed by atoms with Gasteiger partial charge >= 0.3 is 5.97 Å². The van der Waals surface area contributed by atoms with Crippen molar-refractivity contribution >= 4 is 5.97 Å². The van der Waals surface area contributed by atoms with Gasteiger partial charge in [-0.25, -0.2) is 0 Å². The van der Waals surface area contributed by atoms with Crippen molar-refractivity contribution in [3.63, 3.8) is 0 Å². The van der Waals surface area contributed by atoms with Crippen LogP contribution in [-0.2, 0) is 22.4 Å². The normalized spacial score (nSPS) is 24.5. The molecule has 1 aliphatic heterocycles. The number of benzene rings is 2. The van der Waals surface area contributed by atoms with Gasteiger partial charge in [-0.3, -0.25) is 9.69 Å². The van der Waals surface area contributed by atoms with Crippen LogP contribution in [0.2, 0.25) is 0 Å². The number of terminal acetylenes is 1. The predicted molar refractivity (Wildman–Crippen MR) is 117 cm³/mol. The number of carbonyl (C=O) groups excluding carboxylic acids is 1. The summed E-state index contributed by atoms with van der Waals surface area (Å²) in [4.78, 5) is 15.1. The van der Waals surface area contributed by atoms with Crippen molar-refractivity contribution in [3.05, 3.63) is 77.9 Å². The SMILES string of the molecule is C#CCN1[C@@H](Cc2ccc(O)cc2)C(=O)O[C@H](Cc2ccccc2)[C@@H]1/C=C/C1CC1. The molecule has 0 amide bonds. The molecule has 0 unspecified atom stereocenters. The Hall–Kier alpha value is -3.03. The minimum Gasteiger partial charge on any atom is -0.508 e. The van der Waals surface area contributed by atoms with Crippen LogP contribution in [0.3, 0.4) is 0 Å². The van der Waals surface area contributed by atoms with Gasteiger partial charge in [0.05, 0.1) is 12.6 Å².